The minimum absolute atomic E-state index is 0.0280. The molecule has 0 bridgehead atoms. The highest BCUT2D eigenvalue weighted by Gasteiger charge is 2.18. The van der Waals surface area contributed by atoms with Gasteiger partial charge in [0.2, 0.25) is 5.91 Å². The summed E-state index contributed by atoms with van der Waals surface area (Å²) in [5, 5.41) is 2.77. The van der Waals surface area contributed by atoms with Crippen molar-refractivity contribution >= 4 is 17.5 Å². The number of benzene rings is 1. The van der Waals surface area contributed by atoms with Crippen molar-refractivity contribution < 1.29 is 14.3 Å². The number of nitrogen functional groups attached to an aromatic ring is 1. The lowest BCUT2D eigenvalue weighted by atomic mass is 10.1. The lowest BCUT2D eigenvalue weighted by Gasteiger charge is -2.21. The van der Waals surface area contributed by atoms with Crippen molar-refractivity contribution in [2.75, 3.05) is 25.9 Å². The van der Waals surface area contributed by atoms with E-state index in [0.29, 0.717) is 23.5 Å². The van der Waals surface area contributed by atoms with Crippen molar-refractivity contribution in [1.82, 2.24) is 10.2 Å². The molecule has 0 aromatic heterocycles. The number of rotatable bonds is 6. The van der Waals surface area contributed by atoms with Crippen molar-refractivity contribution in [3.8, 4) is 5.75 Å². The Balaban J connectivity index is 2.86. The van der Waals surface area contributed by atoms with E-state index in [4.69, 9.17) is 10.5 Å². The van der Waals surface area contributed by atoms with Crippen LogP contribution in [0.5, 0.6) is 5.75 Å². The normalized spacial score (nSPS) is 10.3. The van der Waals surface area contributed by atoms with Gasteiger partial charge in [-0.2, -0.15) is 0 Å². The predicted molar refractivity (Wildman–Crippen MR) is 82.3 cm³/mol. The molecule has 1 rings (SSSR count). The fourth-order valence-electron chi connectivity index (χ4n) is 1.89. The van der Waals surface area contributed by atoms with Crippen molar-refractivity contribution in [3.05, 3.63) is 23.8 Å². The minimum Gasteiger partial charge on any atom is -0.495 e. The fourth-order valence-corrected chi connectivity index (χ4v) is 1.89. The molecule has 6 nitrogen and oxygen atoms in total. The lowest BCUT2D eigenvalue weighted by Crippen LogP contribution is -2.42. The Morgan fingerprint density at radius 2 is 2.05 bits per heavy atom. The van der Waals surface area contributed by atoms with Crippen molar-refractivity contribution in [2.24, 2.45) is 0 Å². The third-order valence-corrected chi connectivity index (χ3v) is 2.93. The molecule has 116 valence electrons. The van der Waals surface area contributed by atoms with Gasteiger partial charge < -0.3 is 20.7 Å². The van der Waals surface area contributed by atoms with E-state index in [0.717, 1.165) is 0 Å². The van der Waals surface area contributed by atoms with Gasteiger partial charge >= 0.3 is 0 Å². The van der Waals surface area contributed by atoms with Crippen LogP contribution in [-0.2, 0) is 4.79 Å². The highest BCUT2D eigenvalue weighted by molar-refractivity contribution is 5.97. The number of nitrogens with two attached hydrogens (primary N) is 1. The van der Waals surface area contributed by atoms with Crippen LogP contribution < -0.4 is 15.8 Å². The number of amides is 2. The number of carbonyl (C=O) groups excluding carboxylic acids is 2. The van der Waals surface area contributed by atoms with E-state index >= 15 is 0 Å². The number of likely N-dealkylation sites (N-methyl/N-ethyl adjacent to an activating group) is 1. The summed E-state index contributed by atoms with van der Waals surface area (Å²) >= 11 is 0. The molecule has 21 heavy (non-hydrogen) atoms. The molecule has 0 saturated carbocycles. The summed E-state index contributed by atoms with van der Waals surface area (Å²) in [7, 11) is 1.49. The first-order chi connectivity index (χ1) is 9.88. The second kappa shape index (κ2) is 7.52. The molecule has 3 N–H and O–H groups in total. The van der Waals surface area contributed by atoms with Gasteiger partial charge in [-0.3, -0.25) is 9.59 Å². The summed E-state index contributed by atoms with van der Waals surface area (Å²) < 4.78 is 5.11. The highest BCUT2D eigenvalue weighted by atomic mass is 16.5. The Kier molecular flexibility index (Phi) is 6.02. The smallest absolute Gasteiger partial charge is 0.254 e. The molecule has 0 heterocycles. The number of carbonyl (C=O) groups is 2. The van der Waals surface area contributed by atoms with Crippen LogP contribution in [0.1, 0.15) is 31.1 Å². The molecule has 0 aliphatic carbocycles. The van der Waals surface area contributed by atoms with Crippen LogP contribution in [0.25, 0.3) is 0 Å². The average molecular weight is 293 g/mol. The molecule has 6 heteroatoms. The minimum atomic E-state index is -0.227. The van der Waals surface area contributed by atoms with E-state index in [1.807, 2.05) is 20.8 Å². The fraction of sp³-hybridized carbons (Fsp3) is 0.467. The first kappa shape index (κ1) is 16.8. The molecule has 2 amide bonds. The maximum absolute atomic E-state index is 12.4. The van der Waals surface area contributed by atoms with Crippen molar-refractivity contribution in [1.29, 1.82) is 0 Å². The first-order valence-electron chi connectivity index (χ1n) is 6.91. The molecular weight excluding hydrogens is 270 g/mol. The van der Waals surface area contributed by atoms with Crippen LogP contribution in [0.2, 0.25) is 0 Å². The van der Waals surface area contributed by atoms with Gasteiger partial charge in [0.15, 0.2) is 0 Å². The summed E-state index contributed by atoms with van der Waals surface area (Å²) in [6.07, 6.45) is 0. The molecule has 0 atom stereocenters. The Morgan fingerprint density at radius 3 is 2.57 bits per heavy atom. The quantitative estimate of drug-likeness (QED) is 0.773. The Bertz CT molecular complexity index is 515. The van der Waals surface area contributed by atoms with Crippen LogP contribution in [0.4, 0.5) is 5.69 Å². The van der Waals surface area contributed by atoms with E-state index < -0.39 is 0 Å². The lowest BCUT2D eigenvalue weighted by molar-refractivity contribution is -0.122. The summed E-state index contributed by atoms with van der Waals surface area (Å²) in [4.78, 5) is 25.7. The number of hydrogen-bond donors (Lipinski definition) is 2. The van der Waals surface area contributed by atoms with Crippen LogP contribution >= 0.6 is 0 Å². The van der Waals surface area contributed by atoms with Crippen molar-refractivity contribution in [3.63, 3.8) is 0 Å². The molecule has 0 aliphatic heterocycles. The topological polar surface area (TPSA) is 84.7 Å². The van der Waals surface area contributed by atoms with Crippen LogP contribution in [-0.4, -0.2) is 43.0 Å². The van der Waals surface area contributed by atoms with E-state index in [9.17, 15) is 9.59 Å². The highest BCUT2D eigenvalue weighted by Crippen LogP contribution is 2.22. The van der Waals surface area contributed by atoms with Crippen LogP contribution in [0.15, 0.2) is 18.2 Å². The molecule has 0 radical (unpaired) electrons. The Hall–Kier alpha value is -2.24. The summed E-state index contributed by atoms with van der Waals surface area (Å²) in [6.45, 7) is 6.05. The monoisotopic (exact) mass is 293 g/mol. The van der Waals surface area contributed by atoms with E-state index in [2.05, 4.69) is 5.32 Å². The summed E-state index contributed by atoms with van der Waals surface area (Å²) in [5.41, 5.74) is 6.64. The maximum atomic E-state index is 12.4. The second-order valence-corrected chi connectivity index (χ2v) is 5.00. The van der Waals surface area contributed by atoms with E-state index in [-0.39, 0.29) is 24.4 Å². The molecule has 0 saturated heterocycles. The molecule has 1 aromatic rings. The number of ether oxygens (including phenoxy) is 1. The van der Waals surface area contributed by atoms with E-state index in [1.165, 1.54) is 12.0 Å². The van der Waals surface area contributed by atoms with Crippen LogP contribution in [0.3, 0.4) is 0 Å². The first-order valence-corrected chi connectivity index (χ1v) is 6.91. The number of methoxy groups -OCH3 is 1. The zero-order valence-corrected chi connectivity index (χ0v) is 13.0. The molecular formula is C15H23N3O3. The van der Waals surface area contributed by atoms with Gasteiger partial charge in [-0.05, 0) is 39.0 Å². The summed E-state index contributed by atoms with van der Waals surface area (Å²) in [6, 6.07) is 4.88. The SMILES string of the molecule is CCN(CC(=O)NC(C)C)C(=O)c1ccc(N)c(OC)c1. The van der Waals surface area contributed by atoms with Gasteiger partial charge in [0, 0.05) is 18.2 Å². The number of hydrogen-bond acceptors (Lipinski definition) is 4. The second-order valence-electron chi connectivity index (χ2n) is 5.00. The number of nitrogens with zero attached hydrogens (tertiary/aromatic N) is 1. The zero-order chi connectivity index (χ0) is 16.0. The van der Waals surface area contributed by atoms with Gasteiger partial charge in [-0.25, -0.2) is 0 Å². The molecule has 1 aromatic carbocycles. The van der Waals surface area contributed by atoms with Gasteiger partial charge in [0.1, 0.15) is 5.75 Å². The molecule has 0 aliphatic rings. The average Bonchev–Trinajstić information content (AvgIpc) is 2.43. The molecule has 0 unspecified atom stereocenters. The van der Waals surface area contributed by atoms with Crippen LogP contribution in [0, 0.1) is 0 Å². The van der Waals surface area contributed by atoms with Gasteiger partial charge in [0.05, 0.1) is 19.3 Å². The Morgan fingerprint density at radius 1 is 1.38 bits per heavy atom. The van der Waals surface area contributed by atoms with Gasteiger partial charge in [-0.15, -0.1) is 0 Å². The summed E-state index contributed by atoms with van der Waals surface area (Å²) in [5.74, 6) is 0.0425. The standard InChI is InChI=1S/C15H23N3O3/c1-5-18(9-14(19)17-10(2)3)15(20)11-6-7-12(16)13(8-11)21-4/h6-8,10H,5,9,16H2,1-4H3,(H,17,19). The number of anilines is 1. The maximum Gasteiger partial charge on any atom is 0.254 e. The third kappa shape index (κ3) is 4.66. The Labute approximate surface area is 125 Å². The zero-order valence-electron chi connectivity index (χ0n) is 13.0. The van der Waals surface area contributed by atoms with Gasteiger partial charge in [0.25, 0.3) is 5.91 Å². The predicted octanol–water partition coefficient (Wildman–Crippen LogP) is 1.26. The van der Waals surface area contributed by atoms with Crippen molar-refractivity contribution in [2.45, 2.75) is 26.8 Å². The number of nitrogens with one attached hydrogen (secondary N) is 1. The van der Waals surface area contributed by atoms with Gasteiger partial charge in [-0.1, -0.05) is 0 Å². The third-order valence-electron chi connectivity index (χ3n) is 2.93. The molecule has 0 fully saturated rings. The molecule has 0 spiro atoms. The van der Waals surface area contributed by atoms with E-state index in [1.54, 1.807) is 18.2 Å². The largest absolute Gasteiger partial charge is 0.495 e.